The lowest BCUT2D eigenvalue weighted by Gasteiger charge is -2.23. The molecular formula is C16H20FN3O2S. The Bertz CT molecular complexity index is 810. The van der Waals surface area contributed by atoms with E-state index in [1.807, 2.05) is 0 Å². The molecule has 1 saturated heterocycles. The number of hydrogen-bond donors (Lipinski definition) is 1. The van der Waals surface area contributed by atoms with Gasteiger partial charge in [-0.1, -0.05) is 6.92 Å². The predicted molar refractivity (Wildman–Crippen MR) is 87.2 cm³/mol. The molecule has 5 nitrogen and oxygen atoms in total. The first-order chi connectivity index (χ1) is 11.0. The van der Waals surface area contributed by atoms with Crippen LogP contribution in [0.2, 0.25) is 0 Å². The van der Waals surface area contributed by atoms with Crippen LogP contribution in [0.3, 0.4) is 0 Å². The first-order valence-electron chi connectivity index (χ1n) is 7.80. The van der Waals surface area contributed by atoms with Gasteiger partial charge in [0.15, 0.2) is 0 Å². The van der Waals surface area contributed by atoms with E-state index in [0.29, 0.717) is 11.9 Å². The summed E-state index contributed by atoms with van der Waals surface area (Å²) in [5.74, 6) is -0.521. The maximum Gasteiger partial charge on any atom is 0.241 e. The van der Waals surface area contributed by atoms with Crippen molar-refractivity contribution in [3.8, 4) is 0 Å². The highest BCUT2D eigenvalue weighted by Crippen LogP contribution is 2.24. The van der Waals surface area contributed by atoms with Crippen LogP contribution in [0.4, 0.5) is 4.39 Å². The number of aromatic nitrogens is 1. The van der Waals surface area contributed by atoms with Crippen molar-refractivity contribution in [2.75, 3.05) is 19.6 Å². The molecule has 0 radical (unpaired) electrons. The summed E-state index contributed by atoms with van der Waals surface area (Å²) in [6, 6.07) is 5.86. The molecule has 7 heteroatoms. The number of sulfonamides is 1. The molecular weight excluding hydrogens is 317 g/mol. The molecule has 2 heterocycles. The van der Waals surface area contributed by atoms with E-state index in [2.05, 4.69) is 21.5 Å². The Morgan fingerprint density at radius 2 is 2.22 bits per heavy atom. The lowest BCUT2D eigenvalue weighted by atomic mass is 10.2. The molecule has 23 heavy (non-hydrogen) atoms. The molecule has 0 spiro atoms. The quantitative estimate of drug-likeness (QED) is 0.908. The molecule has 1 aliphatic rings. The zero-order chi connectivity index (χ0) is 16.4. The molecule has 3 rings (SSSR count). The molecule has 1 atom stereocenters. The van der Waals surface area contributed by atoms with Crippen molar-refractivity contribution >= 4 is 20.9 Å². The van der Waals surface area contributed by atoms with Gasteiger partial charge in [0.25, 0.3) is 0 Å². The van der Waals surface area contributed by atoms with Gasteiger partial charge in [-0.15, -0.1) is 0 Å². The van der Waals surface area contributed by atoms with Gasteiger partial charge in [0.05, 0.1) is 4.90 Å². The van der Waals surface area contributed by atoms with Crippen molar-refractivity contribution in [2.24, 2.45) is 0 Å². The zero-order valence-corrected chi connectivity index (χ0v) is 13.8. The van der Waals surface area contributed by atoms with Gasteiger partial charge < -0.3 is 0 Å². The van der Waals surface area contributed by atoms with Crippen molar-refractivity contribution in [3.05, 3.63) is 36.3 Å². The van der Waals surface area contributed by atoms with E-state index >= 15 is 0 Å². The van der Waals surface area contributed by atoms with Crippen LogP contribution in [-0.2, 0) is 10.0 Å². The van der Waals surface area contributed by atoms with Crippen molar-refractivity contribution in [3.63, 3.8) is 0 Å². The van der Waals surface area contributed by atoms with E-state index in [9.17, 15) is 12.8 Å². The van der Waals surface area contributed by atoms with Gasteiger partial charge >= 0.3 is 0 Å². The molecule has 0 bridgehead atoms. The highest BCUT2D eigenvalue weighted by molar-refractivity contribution is 7.89. The van der Waals surface area contributed by atoms with E-state index in [1.165, 1.54) is 12.3 Å². The number of pyridine rings is 1. The summed E-state index contributed by atoms with van der Waals surface area (Å²) >= 11 is 0. The third-order valence-corrected chi connectivity index (χ3v) is 5.87. The fourth-order valence-corrected chi connectivity index (χ4v) is 4.44. The Morgan fingerprint density at radius 1 is 1.39 bits per heavy atom. The number of likely N-dealkylation sites (tertiary alicyclic amines) is 1. The number of nitrogens with zero attached hydrogens (tertiary/aromatic N) is 2. The second-order valence-electron chi connectivity index (χ2n) is 5.72. The average Bonchev–Trinajstić information content (AvgIpc) is 3.01. The van der Waals surface area contributed by atoms with E-state index in [4.69, 9.17) is 0 Å². The molecule has 1 fully saturated rings. The smallest absolute Gasteiger partial charge is 0.241 e. The first-order valence-corrected chi connectivity index (χ1v) is 9.28. The summed E-state index contributed by atoms with van der Waals surface area (Å²) in [4.78, 5) is 6.29. The maximum atomic E-state index is 13.8. The van der Waals surface area contributed by atoms with Crippen molar-refractivity contribution in [1.29, 1.82) is 0 Å². The fourth-order valence-electron chi connectivity index (χ4n) is 3.17. The molecule has 0 amide bonds. The minimum Gasteiger partial charge on any atom is -0.299 e. The lowest BCUT2D eigenvalue weighted by Crippen LogP contribution is -2.40. The summed E-state index contributed by atoms with van der Waals surface area (Å²) in [5, 5.41) is 0.304. The Balaban J connectivity index is 1.87. The van der Waals surface area contributed by atoms with Crippen LogP contribution in [0.5, 0.6) is 0 Å². The average molecular weight is 337 g/mol. The minimum absolute atomic E-state index is 0.0723. The van der Waals surface area contributed by atoms with Crippen LogP contribution in [-0.4, -0.2) is 44.0 Å². The van der Waals surface area contributed by atoms with Gasteiger partial charge in [0, 0.05) is 24.2 Å². The normalized spacial score (nSPS) is 19.5. The Labute approximate surface area is 135 Å². The second kappa shape index (κ2) is 6.51. The molecule has 0 aliphatic carbocycles. The SMILES string of the molecule is CCN1CCCC1CNS(=O)(=O)c1ccc(F)c2ncccc12. The molecule has 0 saturated carbocycles. The van der Waals surface area contributed by atoms with Crippen LogP contribution >= 0.6 is 0 Å². The number of rotatable bonds is 5. The van der Waals surface area contributed by atoms with E-state index < -0.39 is 15.8 Å². The van der Waals surface area contributed by atoms with Crippen molar-refractivity contribution < 1.29 is 12.8 Å². The number of nitrogens with one attached hydrogen (secondary N) is 1. The summed E-state index contributed by atoms with van der Waals surface area (Å²) in [5.41, 5.74) is 0.0754. The highest BCUT2D eigenvalue weighted by atomic mass is 32.2. The monoisotopic (exact) mass is 337 g/mol. The summed E-state index contributed by atoms with van der Waals surface area (Å²) in [7, 11) is -3.71. The van der Waals surface area contributed by atoms with Crippen molar-refractivity contribution in [2.45, 2.75) is 30.7 Å². The van der Waals surface area contributed by atoms with Gasteiger partial charge in [-0.3, -0.25) is 9.88 Å². The van der Waals surface area contributed by atoms with E-state index in [-0.39, 0.29) is 16.5 Å². The molecule has 1 aromatic heterocycles. The Morgan fingerprint density at radius 3 is 3.00 bits per heavy atom. The van der Waals surface area contributed by atoms with Crippen molar-refractivity contribution in [1.82, 2.24) is 14.6 Å². The number of hydrogen-bond acceptors (Lipinski definition) is 4. The molecule has 1 unspecified atom stereocenters. The summed E-state index contributed by atoms with van der Waals surface area (Å²) in [6.45, 7) is 4.36. The topological polar surface area (TPSA) is 62.3 Å². The molecule has 2 aromatic rings. The van der Waals surface area contributed by atoms with E-state index in [0.717, 1.165) is 32.0 Å². The third kappa shape index (κ3) is 3.22. The largest absolute Gasteiger partial charge is 0.299 e. The lowest BCUT2D eigenvalue weighted by molar-refractivity contribution is 0.268. The fraction of sp³-hybridized carbons (Fsp3) is 0.438. The maximum absolute atomic E-state index is 13.8. The Hall–Kier alpha value is -1.57. The van der Waals surface area contributed by atoms with Crippen LogP contribution in [0.1, 0.15) is 19.8 Å². The number of benzene rings is 1. The van der Waals surface area contributed by atoms with Crippen LogP contribution in [0.25, 0.3) is 10.9 Å². The summed E-state index contributed by atoms with van der Waals surface area (Å²) < 4.78 is 41.7. The predicted octanol–water partition coefficient (Wildman–Crippen LogP) is 2.14. The van der Waals surface area contributed by atoms with E-state index in [1.54, 1.807) is 12.1 Å². The van der Waals surface area contributed by atoms with Gasteiger partial charge in [-0.05, 0) is 50.2 Å². The van der Waals surface area contributed by atoms with Gasteiger partial charge in [-0.2, -0.15) is 0 Å². The number of fused-ring (bicyclic) bond motifs is 1. The van der Waals surface area contributed by atoms with Gasteiger partial charge in [0.2, 0.25) is 10.0 Å². The first kappa shape index (κ1) is 16.3. The molecule has 1 aromatic carbocycles. The highest BCUT2D eigenvalue weighted by Gasteiger charge is 2.26. The summed E-state index contributed by atoms with van der Waals surface area (Å²) in [6.07, 6.45) is 3.53. The molecule has 124 valence electrons. The van der Waals surface area contributed by atoms with Crippen LogP contribution in [0.15, 0.2) is 35.4 Å². The van der Waals surface area contributed by atoms with Crippen LogP contribution < -0.4 is 4.72 Å². The zero-order valence-electron chi connectivity index (χ0n) is 13.0. The van der Waals surface area contributed by atoms with Gasteiger partial charge in [-0.25, -0.2) is 17.5 Å². The minimum atomic E-state index is -3.71. The number of halogens is 1. The molecule has 1 N–H and O–H groups in total. The molecule has 1 aliphatic heterocycles. The Kier molecular flexibility index (Phi) is 4.61. The van der Waals surface area contributed by atoms with Crippen LogP contribution in [0, 0.1) is 5.82 Å². The van der Waals surface area contributed by atoms with Gasteiger partial charge in [0.1, 0.15) is 11.3 Å². The second-order valence-corrected chi connectivity index (χ2v) is 7.46. The standard InChI is InChI=1S/C16H20FN3O2S/c1-2-20-10-4-5-12(20)11-19-23(21,22)15-8-7-14(17)16-13(15)6-3-9-18-16/h3,6-9,12,19H,2,4-5,10-11H2,1H3. The third-order valence-electron chi connectivity index (χ3n) is 4.38. The number of likely N-dealkylation sites (N-methyl/N-ethyl adjacent to an activating group) is 1.